The van der Waals surface area contributed by atoms with Gasteiger partial charge in [-0.3, -0.25) is 9.69 Å². The number of aliphatic hydroxyl groups is 1. The predicted octanol–water partition coefficient (Wildman–Crippen LogP) is 1.08. The third-order valence-electron chi connectivity index (χ3n) is 7.88. The van der Waals surface area contributed by atoms with Gasteiger partial charge in [-0.15, -0.1) is 0 Å². The minimum Gasteiger partial charge on any atom is -0.384 e. The van der Waals surface area contributed by atoms with E-state index >= 15 is 0 Å². The number of nitrogens with two attached hydrogens (primary N) is 1. The summed E-state index contributed by atoms with van der Waals surface area (Å²) in [6.07, 6.45) is -10.2. The number of piperidine rings is 1. The first-order chi connectivity index (χ1) is 20.0. The van der Waals surface area contributed by atoms with E-state index in [9.17, 15) is 44.7 Å². The monoisotopic (exact) mass is 639 g/mol. The van der Waals surface area contributed by atoms with Crippen LogP contribution in [-0.4, -0.2) is 113 Å². The van der Waals surface area contributed by atoms with Crippen molar-refractivity contribution in [3.05, 3.63) is 36.3 Å². The number of alkyl halides is 6. The van der Waals surface area contributed by atoms with E-state index in [1.165, 1.54) is 21.3 Å². The molecule has 2 aromatic rings. The second-order valence-electron chi connectivity index (χ2n) is 10.6. The smallest absolute Gasteiger partial charge is 0.384 e. The Bertz CT molecular complexity index is 1410. The van der Waals surface area contributed by atoms with E-state index < -0.39 is 39.6 Å². The summed E-state index contributed by atoms with van der Waals surface area (Å²) < 4.78 is 114. The van der Waals surface area contributed by atoms with Crippen molar-refractivity contribution in [2.75, 3.05) is 50.0 Å². The van der Waals surface area contributed by atoms with Crippen LogP contribution in [0.4, 0.5) is 38.1 Å². The third-order valence-corrected chi connectivity index (χ3v) is 9.73. The average molecular weight is 640 g/mol. The number of Topliss-reactive ketones (excluding diaryl/α,β-unsaturated/α-hetero) is 1. The number of anilines is 2. The Balaban J connectivity index is 1.47. The summed E-state index contributed by atoms with van der Waals surface area (Å²) >= 11 is 0. The highest BCUT2D eigenvalue weighted by Gasteiger charge is 2.71. The molecule has 0 saturated carbocycles. The maximum Gasteiger partial charge on any atom is 0.430 e. The van der Waals surface area contributed by atoms with Crippen molar-refractivity contribution in [1.29, 1.82) is 0 Å². The molecule has 19 heteroatoms. The van der Waals surface area contributed by atoms with Crippen LogP contribution in [0.5, 0.6) is 0 Å². The predicted molar refractivity (Wildman–Crippen MR) is 136 cm³/mol. The van der Waals surface area contributed by atoms with Crippen LogP contribution in [0.2, 0.25) is 0 Å². The van der Waals surface area contributed by atoms with Crippen LogP contribution in [0.15, 0.2) is 35.6 Å². The number of halogens is 6. The molecule has 0 amide bonds. The number of carbonyl (C=O) groups is 1. The van der Waals surface area contributed by atoms with Crippen molar-refractivity contribution in [1.82, 2.24) is 24.2 Å². The van der Waals surface area contributed by atoms with Crippen LogP contribution >= 0.6 is 0 Å². The van der Waals surface area contributed by atoms with Crippen molar-refractivity contribution in [3.8, 4) is 0 Å². The molecular weight excluding hydrogens is 612 g/mol. The van der Waals surface area contributed by atoms with E-state index in [-0.39, 0.29) is 99.2 Å². The third kappa shape index (κ3) is 5.75. The molecule has 43 heavy (non-hydrogen) atoms. The highest BCUT2D eigenvalue weighted by molar-refractivity contribution is 7.89. The lowest BCUT2D eigenvalue weighted by Gasteiger charge is -2.49. The van der Waals surface area contributed by atoms with Gasteiger partial charge in [0.05, 0.1) is 19.3 Å². The SMILES string of the molecule is Nc1ccc(S(=O)(=O)N2CCN(c3ncc(C(O)(C(F)(F)F)C(F)(F)F)cn3)[C@@H](CN3C4COCC3CC(=O)C4)C2)cn1. The molecule has 0 aromatic carbocycles. The van der Waals surface area contributed by atoms with Crippen LogP contribution in [0.3, 0.4) is 0 Å². The quantitative estimate of drug-likeness (QED) is 0.437. The van der Waals surface area contributed by atoms with E-state index in [0.717, 1.165) is 6.20 Å². The van der Waals surface area contributed by atoms with Gasteiger partial charge in [-0.25, -0.2) is 23.4 Å². The van der Waals surface area contributed by atoms with E-state index in [2.05, 4.69) is 15.0 Å². The summed E-state index contributed by atoms with van der Waals surface area (Å²) in [5.74, 6) is -0.101. The molecule has 3 aliphatic rings. The highest BCUT2D eigenvalue weighted by atomic mass is 32.2. The molecule has 236 valence electrons. The average Bonchev–Trinajstić information content (AvgIpc) is 2.92. The maximum atomic E-state index is 13.4. The van der Waals surface area contributed by atoms with Gasteiger partial charge >= 0.3 is 12.4 Å². The summed E-state index contributed by atoms with van der Waals surface area (Å²) in [4.78, 5) is 26.9. The fourth-order valence-corrected chi connectivity index (χ4v) is 7.05. The molecule has 2 bridgehead atoms. The van der Waals surface area contributed by atoms with Crippen molar-refractivity contribution in [2.24, 2.45) is 0 Å². The van der Waals surface area contributed by atoms with E-state index in [1.807, 2.05) is 4.90 Å². The summed E-state index contributed by atoms with van der Waals surface area (Å²) in [5, 5.41) is 9.71. The number of hydrogen-bond acceptors (Lipinski definition) is 11. The van der Waals surface area contributed by atoms with E-state index in [1.54, 1.807) is 0 Å². The van der Waals surface area contributed by atoms with Gasteiger partial charge in [0, 0.05) is 75.3 Å². The largest absolute Gasteiger partial charge is 0.430 e. The standard InChI is InChI=1S/C24H27F6N7O5S/c25-23(26,27)22(39,24(28,29)30)14-7-33-21(34-8-14)36-4-3-35(43(40,41)19-1-2-20(31)32-9-19)10-17(36)11-37-15-5-18(38)6-16(37)13-42-12-15/h1-2,7-9,15-17,39H,3-6,10-13H2,(H2,31,32)/t15?,16?,17-/m1/s1. The molecule has 2 unspecified atom stereocenters. The molecule has 3 aliphatic heterocycles. The number of aromatic nitrogens is 3. The zero-order chi connectivity index (χ0) is 31.4. The first kappa shape index (κ1) is 31.3. The van der Waals surface area contributed by atoms with Crippen LogP contribution in [0, 0.1) is 0 Å². The fraction of sp³-hybridized carbons (Fsp3) is 0.583. The van der Waals surface area contributed by atoms with Gasteiger partial charge in [-0.1, -0.05) is 0 Å². The first-order valence-electron chi connectivity index (χ1n) is 13.0. The lowest BCUT2D eigenvalue weighted by Crippen LogP contribution is -2.64. The van der Waals surface area contributed by atoms with Crippen LogP contribution < -0.4 is 10.6 Å². The Morgan fingerprint density at radius 1 is 0.953 bits per heavy atom. The number of fused-ring (bicyclic) bond motifs is 2. The number of nitrogens with zero attached hydrogens (tertiary/aromatic N) is 6. The molecule has 0 aliphatic carbocycles. The molecule has 3 N–H and O–H groups in total. The Labute approximate surface area is 241 Å². The first-order valence-corrected chi connectivity index (χ1v) is 14.5. The lowest BCUT2D eigenvalue weighted by molar-refractivity contribution is -0.376. The van der Waals surface area contributed by atoms with Gasteiger partial charge in [0.1, 0.15) is 16.5 Å². The number of ketones is 1. The Hall–Kier alpha value is -3.13. The Morgan fingerprint density at radius 2 is 1.56 bits per heavy atom. The van der Waals surface area contributed by atoms with Gasteiger partial charge in [0.25, 0.3) is 5.60 Å². The summed E-state index contributed by atoms with van der Waals surface area (Å²) in [6, 6.07) is 1.28. The summed E-state index contributed by atoms with van der Waals surface area (Å²) in [6.45, 7) is 0.320. The Kier molecular flexibility index (Phi) is 8.08. The molecule has 5 rings (SSSR count). The molecule has 3 fully saturated rings. The maximum absolute atomic E-state index is 13.4. The van der Waals surface area contributed by atoms with Crippen molar-refractivity contribution in [3.63, 3.8) is 0 Å². The van der Waals surface area contributed by atoms with Gasteiger partial charge in [-0.2, -0.15) is 30.6 Å². The van der Waals surface area contributed by atoms with Crippen molar-refractivity contribution >= 4 is 27.6 Å². The molecule has 2 aromatic heterocycles. The number of ether oxygens (including phenoxy) is 1. The second kappa shape index (κ2) is 11.1. The molecule has 12 nitrogen and oxygen atoms in total. The number of pyridine rings is 1. The van der Waals surface area contributed by atoms with E-state index in [0.29, 0.717) is 0 Å². The number of sulfonamides is 1. The highest BCUT2D eigenvalue weighted by Crippen LogP contribution is 2.49. The van der Waals surface area contributed by atoms with Gasteiger partial charge < -0.3 is 20.5 Å². The van der Waals surface area contributed by atoms with Gasteiger partial charge in [-0.05, 0) is 12.1 Å². The summed E-state index contributed by atoms with van der Waals surface area (Å²) in [7, 11) is -4.08. The minimum absolute atomic E-state index is 0.0517. The topological polar surface area (TPSA) is 155 Å². The summed E-state index contributed by atoms with van der Waals surface area (Å²) in [5.41, 5.74) is -1.24. The second-order valence-corrected chi connectivity index (χ2v) is 12.5. The minimum atomic E-state index is -6.11. The number of nitrogen functional groups attached to an aromatic ring is 1. The normalized spacial score (nSPS) is 24.8. The Morgan fingerprint density at radius 3 is 2.09 bits per heavy atom. The fourth-order valence-electron chi connectivity index (χ4n) is 5.63. The number of carbonyl (C=O) groups excluding carboxylic acids is 1. The molecule has 3 atom stereocenters. The molecular formula is C24H27F6N7O5S. The van der Waals surface area contributed by atoms with Crippen LogP contribution in [0.1, 0.15) is 18.4 Å². The molecule has 0 spiro atoms. The van der Waals surface area contributed by atoms with Crippen molar-refractivity contribution < 1.29 is 49.4 Å². The van der Waals surface area contributed by atoms with Gasteiger partial charge in [0.15, 0.2) is 0 Å². The van der Waals surface area contributed by atoms with Gasteiger partial charge in [0.2, 0.25) is 16.0 Å². The zero-order valence-corrected chi connectivity index (χ0v) is 23.1. The number of morpholine rings is 1. The van der Waals surface area contributed by atoms with E-state index in [4.69, 9.17) is 10.5 Å². The number of hydrogen-bond donors (Lipinski definition) is 2. The molecule has 5 heterocycles. The van der Waals surface area contributed by atoms with Crippen molar-refractivity contribution in [2.45, 2.75) is 53.8 Å². The molecule has 3 saturated heterocycles. The number of rotatable bonds is 6. The zero-order valence-electron chi connectivity index (χ0n) is 22.3. The van der Waals surface area contributed by atoms with Crippen LogP contribution in [0.25, 0.3) is 0 Å². The lowest BCUT2D eigenvalue weighted by atomic mass is 9.92. The van der Waals surface area contributed by atoms with Crippen LogP contribution in [-0.2, 0) is 25.2 Å². The molecule has 0 radical (unpaired) electrons. The number of piperazine rings is 1.